The number of halogens is 3. The fourth-order valence-corrected chi connectivity index (χ4v) is 2.19. The summed E-state index contributed by atoms with van der Waals surface area (Å²) >= 11 is 1.43. The third-order valence-corrected chi connectivity index (χ3v) is 3.38. The number of hydrogen-bond donors (Lipinski definition) is 2. The van der Waals surface area contributed by atoms with Crippen molar-refractivity contribution in [1.29, 1.82) is 0 Å². The number of rotatable bonds is 3. The van der Waals surface area contributed by atoms with Gasteiger partial charge in [0.05, 0.1) is 23.3 Å². The highest BCUT2D eigenvalue weighted by Gasteiger charge is 2.31. The highest BCUT2D eigenvalue weighted by atomic mass is 32.1. The number of anilines is 2. The summed E-state index contributed by atoms with van der Waals surface area (Å²) in [7, 11) is 0. The van der Waals surface area contributed by atoms with Gasteiger partial charge in [0, 0.05) is 4.88 Å². The number of nitrogens with one attached hydrogen (secondary N) is 1. The average Bonchev–Trinajstić information content (AvgIpc) is 2.70. The minimum absolute atomic E-state index is 0.0973. The summed E-state index contributed by atoms with van der Waals surface area (Å²) in [6, 6.07) is 1.75. The molecule has 0 spiro atoms. The maximum absolute atomic E-state index is 12.6. The molecule has 0 saturated carbocycles. The molecule has 0 unspecified atom stereocenters. The molecule has 2 aromatic rings. The highest BCUT2D eigenvalue weighted by molar-refractivity contribution is 7.09. The van der Waals surface area contributed by atoms with E-state index < -0.39 is 11.7 Å². The van der Waals surface area contributed by atoms with Crippen LogP contribution in [-0.2, 0) is 12.7 Å². The molecule has 0 saturated heterocycles. The Hall–Kier alpha value is -1.83. The Morgan fingerprint density at radius 3 is 2.68 bits per heavy atom. The van der Waals surface area contributed by atoms with Crippen molar-refractivity contribution in [1.82, 2.24) is 9.97 Å². The molecule has 102 valence electrons. The van der Waals surface area contributed by atoms with Crippen molar-refractivity contribution >= 4 is 23.0 Å². The molecule has 2 rings (SSSR count). The van der Waals surface area contributed by atoms with Crippen LogP contribution < -0.4 is 11.1 Å². The van der Waals surface area contributed by atoms with E-state index in [0.717, 1.165) is 22.7 Å². The second kappa shape index (κ2) is 5.04. The minimum Gasteiger partial charge on any atom is -0.384 e. The van der Waals surface area contributed by atoms with Gasteiger partial charge in [-0.05, 0) is 19.1 Å². The van der Waals surface area contributed by atoms with Crippen LogP contribution in [0, 0.1) is 6.92 Å². The van der Waals surface area contributed by atoms with Crippen molar-refractivity contribution in [3.8, 4) is 0 Å². The molecule has 19 heavy (non-hydrogen) atoms. The molecule has 2 aromatic heterocycles. The summed E-state index contributed by atoms with van der Waals surface area (Å²) < 4.78 is 37.8. The number of aromatic nitrogens is 2. The van der Waals surface area contributed by atoms with E-state index in [0.29, 0.717) is 6.54 Å². The van der Waals surface area contributed by atoms with Crippen LogP contribution >= 0.6 is 11.3 Å². The van der Waals surface area contributed by atoms with Gasteiger partial charge in [0.25, 0.3) is 0 Å². The van der Waals surface area contributed by atoms with E-state index in [1.807, 2.05) is 6.92 Å². The molecule has 0 bridgehead atoms. The third kappa shape index (κ3) is 3.34. The van der Waals surface area contributed by atoms with Crippen LogP contribution in [0.15, 0.2) is 17.6 Å². The SMILES string of the molecule is Cc1ncsc1CNc1cc(C(F)(F)F)cc(N)n1. The van der Waals surface area contributed by atoms with Crippen molar-refractivity contribution in [3.05, 3.63) is 33.8 Å². The standard InChI is InChI=1S/C11H11F3N4S/c1-6-8(19-5-17-6)4-16-10-3-7(11(12,13)14)2-9(15)18-10/h2-3,5H,4H2,1H3,(H3,15,16,18). The summed E-state index contributed by atoms with van der Waals surface area (Å²) in [4.78, 5) is 8.83. The van der Waals surface area contributed by atoms with Crippen molar-refractivity contribution in [3.63, 3.8) is 0 Å². The second-order valence-electron chi connectivity index (χ2n) is 3.88. The molecule has 0 atom stereocenters. The van der Waals surface area contributed by atoms with Crippen LogP contribution in [0.25, 0.3) is 0 Å². The first kappa shape index (κ1) is 13.6. The first-order valence-electron chi connectivity index (χ1n) is 5.34. The zero-order valence-electron chi connectivity index (χ0n) is 9.95. The summed E-state index contributed by atoms with van der Waals surface area (Å²) in [5.41, 5.74) is 7.08. The molecule has 0 amide bonds. The van der Waals surface area contributed by atoms with Gasteiger partial charge in [-0.2, -0.15) is 13.2 Å². The van der Waals surface area contributed by atoms with E-state index in [-0.39, 0.29) is 11.6 Å². The lowest BCUT2D eigenvalue weighted by Crippen LogP contribution is -2.09. The molecular weight excluding hydrogens is 277 g/mol. The molecule has 0 aliphatic carbocycles. The summed E-state index contributed by atoms with van der Waals surface area (Å²) in [5.74, 6) is -0.0709. The summed E-state index contributed by atoms with van der Waals surface area (Å²) in [5, 5.41) is 2.82. The zero-order valence-corrected chi connectivity index (χ0v) is 10.8. The lowest BCUT2D eigenvalue weighted by Gasteiger charge is -2.10. The molecule has 3 N–H and O–H groups in total. The topological polar surface area (TPSA) is 63.8 Å². The van der Waals surface area contributed by atoms with E-state index in [9.17, 15) is 13.2 Å². The Balaban J connectivity index is 2.17. The number of aryl methyl sites for hydroxylation is 1. The molecule has 8 heteroatoms. The van der Waals surface area contributed by atoms with Gasteiger partial charge < -0.3 is 11.1 Å². The number of nitrogens with zero attached hydrogens (tertiary/aromatic N) is 2. The molecule has 0 aromatic carbocycles. The predicted octanol–water partition coefficient (Wildman–Crippen LogP) is 3.06. The smallest absolute Gasteiger partial charge is 0.384 e. The second-order valence-corrected chi connectivity index (χ2v) is 4.82. The van der Waals surface area contributed by atoms with Gasteiger partial charge >= 0.3 is 6.18 Å². The number of alkyl halides is 3. The quantitative estimate of drug-likeness (QED) is 0.911. The Labute approximate surface area is 111 Å². The van der Waals surface area contributed by atoms with E-state index >= 15 is 0 Å². The molecule has 0 fully saturated rings. The zero-order chi connectivity index (χ0) is 14.0. The number of thiazole rings is 1. The number of nitrogen functional groups attached to an aromatic ring is 1. The Kier molecular flexibility index (Phi) is 3.61. The molecule has 0 aliphatic rings. The van der Waals surface area contributed by atoms with Crippen LogP contribution in [0.5, 0.6) is 0 Å². The Morgan fingerprint density at radius 1 is 1.37 bits per heavy atom. The van der Waals surface area contributed by atoms with E-state index in [4.69, 9.17) is 5.73 Å². The van der Waals surface area contributed by atoms with Crippen molar-refractivity contribution in [2.75, 3.05) is 11.1 Å². The first-order chi connectivity index (χ1) is 8.86. The third-order valence-electron chi connectivity index (χ3n) is 2.45. The largest absolute Gasteiger partial charge is 0.416 e. The maximum Gasteiger partial charge on any atom is 0.416 e. The summed E-state index contributed by atoms with van der Waals surface area (Å²) in [6.07, 6.45) is -4.44. The van der Waals surface area contributed by atoms with Crippen LogP contribution in [0.2, 0.25) is 0 Å². The molecular formula is C11H11F3N4S. The lowest BCUT2D eigenvalue weighted by atomic mass is 10.2. The number of pyridine rings is 1. The Bertz CT molecular complexity index is 580. The van der Waals surface area contributed by atoms with E-state index in [2.05, 4.69) is 15.3 Å². The van der Waals surface area contributed by atoms with Crippen molar-refractivity contribution in [2.24, 2.45) is 0 Å². The highest BCUT2D eigenvalue weighted by Crippen LogP contribution is 2.31. The van der Waals surface area contributed by atoms with Gasteiger partial charge in [-0.3, -0.25) is 0 Å². The maximum atomic E-state index is 12.6. The fourth-order valence-electron chi connectivity index (χ4n) is 1.47. The van der Waals surface area contributed by atoms with E-state index in [1.165, 1.54) is 11.3 Å². The summed E-state index contributed by atoms with van der Waals surface area (Å²) in [6.45, 7) is 2.20. The predicted molar refractivity (Wildman–Crippen MR) is 67.8 cm³/mol. The Morgan fingerprint density at radius 2 is 2.11 bits per heavy atom. The van der Waals surface area contributed by atoms with Crippen LogP contribution in [0.1, 0.15) is 16.1 Å². The van der Waals surface area contributed by atoms with Crippen LogP contribution in [0.4, 0.5) is 24.8 Å². The lowest BCUT2D eigenvalue weighted by molar-refractivity contribution is -0.137. The van der Waals surface area contributed by atoms with Gasteiger partial charge in [-0.1, -0.05) is 0 Å². The molecule has 2 heterocycles. The molecule has 0 radical (unpaired) electrons. The van der Waals surface area contributed by atoms with Crippen LogP contribution in [-0.4, -0.2) is 9.97 Å². The number of hydrogen-bond acceptors (Lipinski definition) is 5. The van der Waals surface area contributed by atoms with Crippen molar-refractivity contribution < 1.29 is 13.2 Å². The van der Waals surface area contributed by atoms with Gasteiger partial charge in [-0.15, -0.1) is 11.3 Å². The van der Waals surface area contributed by atoms with Gasteiger partial charge in [0.15, 0.2) is 0 Å². The number of nitrogens with two attached hydrogens (primary N) is 1. The van der Waals surface area contributed by atoms with E-state index in [1.54, 1.807) is 5.51 Å². The normalized spacial score (nSPS) is 11.6. The monoisotopic (exact) mass is 288 g/mol. The van der Waals surface area contributed by atoms with Crippen molar-refractivity contribution in [2.45, 2.75) is 19.6 Å². The first-order valence-corrected chi connectivity index (χ1v) is 6.22. The molecule has 0 aliphatic heterocycles. The average molecular weight is 288 g/mol. The molecule has 4 nitrogen and oxygen atoms in total. The minimum atomic E-state index is -4.44. The fraction of sp³-hybridized carbons (Fsp3) is 0.273. The van der Waals surface area contributed by atoms with Gasteiger partial charge in [0.2, 0.25) is 0 Å². The van der Waals surface area contributed by atoms with Gasteiger partial charge in [0.1, 0.15) is 11.6 Å². The van der Waals surface area contributed by atoms with Gasteiger partial charge in [-0.25, -0.2) is 9.97 Å². The van der Waals surface area contributed by atoms with Crippen LogP contribution in [0.3, 0.4) is 0 Å².